The highest BCUT2D eigenvalue weighted by atomic mass is 15.1. The minimum absolute atomic E-state index is 0.556. The molecule has 0 spiro atoms. The maximum absolute atomic E-state index is 5.60. The Labute approximate surface area is 109 Å². The van der Waals surface area contributed by atoms with Gasteiger partial charge in [-0.25, -0.2) is 0 Å². The van der Waals surface area contributed by atoms with Crippen LogP contribution in [0.1, 0.15) is 18.9 Å². The first kappa shape index (κ1) is 13.1. The maximum atomic E-state index is 5.60. The Morgan fingerprint density at radius 2 is 2.11 bits per heavy atom. The van der Waals surface area contributed by atoms with Gasteiger partial charge in [-0.1, -0.05) is 18.2 Å². The minimum atomic E-state index is 0.556. The molecule has 0 amide bonds. The summed E-state index contributed by atoms with van der Waals surface area (Å²) in [5.74, 6) is 0. The number of H-pyrrole nitrogens is 1. The molecule has 0 aliphatic rings. The van der Waals surface area contributed by atoms with E-state index in [1.165, 1.54) is 16.5 Å². The fourth-order valence-electron chi connectivity index (χ4n) is 2.32. The van der Waals surface area contributed by atoms with Crippen molar-refractivity contribution in [1.29, 1.82) is 0 Å². The van der Waals surface area contributed by atoms with Crippen LogP contribution in [-0.2, 0) is 6.42 Å². The lowest BCUT2D eigenvalue weighted by atomic mass is 10.1. The van der Waals surface area contributed by atoms with E-state index in [0.29, 0.717) is 6.04 Å². The standard InChI is InChI=1S/C15H23N3/c1-12(7-9-16)18(2)10-8-13-11-17-15-6-4-3-5-14(13)15/h3-6,11-12,17H,7-10,16H2,1-2H3. The van der Waals surface area contributed by atoms with Gasteiger partial charge in [0.05, 0.1) is 0 Å². The number of nitrogens with zero attached hydrogens (tertiary/aromatic N) is 1. The van der Waals surface area contributed by atoms with Gasteiger partial charge in [0.1, 0.15) is 0 Å². The lowest BCUT2D eigenvalue weighted by Crippen LogP contribution is -2.32. The second kappa shape index (κ2) is 6.03. The Morgan fingerprint density at radius 1 is 1.33 bits per heavy atom. The zero-order valence-electron chi connectivity index (χ0n) is 11.3. The van der Waals surface area contributed by atoms with E-state index < -0.39 is 0 Å². The first-order chi connectivity index (χ1) is 8.72. The van der Waals surface area contributed by atoms with Gasteiger partial charge in [-0.05, 0) is 45.0 Å². The largest absolute Gasteiger partial charge is 0.361 e. The molecule has 1 atom stereocenters. The number of aromatic nitrogens is 1. The molecule has 0 radical (unpaired) electrons. The van der Waals surface area contributed by atoms with Crippen LogP contribution in [-0.4, -0.2) is 36.1 Å². The molecule has 0 bridgehead atoms. The van der Waals surface area contributed by atoms with Crippen LogP contribution in [0.5, 0.6) is 0 Å². The highest BCUT2D eigenvalue weighted by Gasteiger charge is 2.09. The zero-order chi connectivity index (χ0) is 13.0. The fraction of sp³-hybridized carbons (Fsp3) is 0.467. The van der Waals surface area contributed by atoms with Crippen molar-refractivity contribution in [2.45, 2.75) is 25.8 Å². The Morgan fingerprint density at radius 3 is 2.89 bits per heavy atom. The van der Waals surface area contributed by atoms with Gasteiger partial charge in [-0.2, -0.15) is 0 Å². The van der Waals surface area contributed by atoms with E-state index in [0.717, 1.165) is 25.9 Å². The first-order valence-corrected chi connectivity index (χ1v) is 6.67. The van der Waals surface area contributed by atoms with Gasteiger partial charge in [0.2, 0.25) is 0 Å². The fourth-order valence-corrected chi connectivity index (χ4v) is 2.32. The average Bonchev–Trinajstić information content (AvgIpc) is 2.79. The summed E-state index contributed by atoms with van der Waals surface area (Å²) in [5.41, 5.74) is 8.23. The van der Waals surface area contributed by atoms with Crippen LogP contribution in [0.3, 0.4) is 0 Å². The molecule has 0 aliphatic carbocycles. The Balaban J connectivity index is 1.98. The SMILES string of the molecule is CC(CCN)N(C)CCc1c[nH]c2ccccc12. The Hall–Kier alpha value is -1.32. The number of benzene rings is 1. The smallest absolute Gasteiger partial charge is 0.0456 e. The quantitative estimate of drug-likeness (QED) is 0.820. The summed E-state index contributed by atoms with van der Waals surface area (Å²) in [4.78, 5) is 5.71. The summed E-state index contributed by atoms with van der Waals surface area (Å²) < 4.78 is 0. The Kier molecular flexibility index (Phi) is 4.39. The monoisotopic (exact) mass is 245 g/mol. The zero-order valence-corrected chi connectivity index (χ0v) is 11.3. The van der Waals surface area contributed by atoms with Gasteiger partial charge in [-0.15, -0.1) is 0 Å². The van der Waals surface area contributed by atoms with Gasteiger partial charge >= 0.3 is 0 Å². The number of para-hydroxylation sites is 1. The summed E-state index contributed by atoms with van der Waals surface area (Å²) in [5, 5.41) is 1.34. The third-order valence-electron chi connectivity index (χ3n) is 3.75. The topological polar surface area (TPSA) is 45.0 Å². The third-order valence-corrected chi connectivity index (χ3v) is 3.75. The molecule has 3 heteroatoms. The van der Waals surface area contributed by atoms with E-state index in [9.17, 15) is 0 Å². The number of hydrogen-bond donors (Lipinski definition) is 2. The molecule has 3 N–H and O–H groups in total. The summed E-state index contributed by atoms with van der Waals surface area (Å²) in [6.45, 7) is 4.07. The van der Waals surface area contributed by atoms with Gasteiger partial charge < -0.3 is 15.6 Å². The van der Waals surface area contributed by atoms with Crippen LogP contribution in [0.2, 0.25) is 0 Å². The number of likely N-dealkylation sites (N-methyl/N-ethyl adjacent to an activating group) is 1. The highest BCUT2D eigenvalue weighted by Crippen LogP contribution is 2.18. The third kappa shape index (κ3) is 2.92. The van der Waals surface area contributed by atoms with Crippen LogP contribution in [0.15, 0.2) is 30.5 Å². The minimum Gasteiger partial charge on any atom is -0.361 e. The van der Waals surface area contributed by atoms with Gasteiger partial charge in [0, 0.05) is 29.7 Å². The summed E-state index contributed by atoms with van der Waals surface area (Å²) in [6, 6.07) is 9.03. The molecule has 2 rings (SSSR count). The maximum Gasteiger partial charge on any atom is 0.0456 e. The molecule has 1 aromatic heterocycles. The van der Waals surface area contributed by atoms with Crippen molar-refractivity contribution < 1.29 is 0 Å². The molecule has 0 saturated carbocycles. The van der Waals surface area contributed by atoms with E-state index in [1.807, 2.05) is 0 Å². The highest BCUT2D eigenvalue weighted by molar-refractivity contribution is 5.83. The number of fused-ring (bicyclic) bond motifs is 1. The summed E-state index contributed by atoms with van der Waals surface area (Å²) in [7, 11) is 2.18. The molecule has 3 nitrogen and oxygen atoms in total. The number of hydrogen-bond acceptors (Lipinski definition) is 2. The van der Waals surface area contributed by atoms with Crippen LogP contribution in [0, 0.1) is 0 Å². The van der Waals surface area contributed by atoms with Crippen molar-refractivity contribution in [2.75, 3.05) is 20.1 Å². The van der Waals surface area contributed by atoms with E-state index in [4.69, 9.17) is 5.73 Å². The summed E-state index contributed by atoms with van der Waals surface area (Å²) >= 11 is 0. The van der Waals surface area contributed by atoms with Crippen LogP contribution >= 0.6 is 0 Å². The van der Waals surface area contributed by atoms with E-state index >= 15 is 0 Å². The lowest BCUT2D eigenvalue weighted by molar-refractivity contribution is 0.252. The van der Waals surface area contributed by atoms with E-state index in [2.05, 4.69) is 54.3 Å². The second-order valence-electron chi connectivity index (χ2n) is 5.02. The van der Waals surface area contributed by atoms with E-state index in [-0.39, 0.29) is 0 Å². The second-order valence-corrected chi connectivity index (χ2v) is 5.02. The molecular weight excluding hydrogens is 222 g/mol. The summed E-state index contributed by atoms with van der Waals surface area (Å²) in [6.07, 6.45) is 4.27. The van der Waals surface area contributed by atoms with Crippen molar-refractivity contribution in [2.24, 2.45) is 5.73 Å². The number of aromatic amines is 1. The molecule has 2 aromatic rings. The van der Waals surface area contributed by atoms with Crippen LogP contribution < -0.4 is 5.73 Å². The molecule has 0 aliphatic heterocycles. The normalized spacial score (nSPS) is 13.3. The predicted octanol–water partition coefficient (Wildman–Crippen LogP) is 2.38. The van der Waals surface area contributed by atoms with Crippen LogP contribution in [0.4, 0.5) is 0 Å². The molecule has 0 fully saturated rings. The van der Waals surface area contributed by atoms with Gasteiger partial charge in [0.15, 0.2) is 0 Å². The molecule has 18 heavy (non-hydrogen) atoms. The van der Waals surface area contributed by atoms with E-state index in [1.54, 1.807) is 0 Å². The molecule has 1 heterocycles. The molecule has 98 valence electrons. The van der Waals surface area contributed by atoms with Gasteiger partial charge in [0.25, 0.3) is 0 Å². The number of nitrogens with one attached hydrogen (secondary N) is 1. The van der Waals surface area contributed by atoms with Crippen LogP contribution in [0.25, 0.3) is 10.9 Å². The number of rotatable bonds is 6. The van der Waals surface area contributed by atoms with Crippen molar-refractivity contribution in [3.05, 3.63) is 36.0 Å². The molecule has 1 unspecified atom stereocenters. The van der Waals surface area contributed by atoms with Crippen molar-refractivity contribution >= 4 is 10.9 Å². The van der Waals surface area contributed by atoms with Crippen molar-refractivity contribution in [3.63, 3.8) is 0 Å². The Bertz CT molecular complexity index is 489. The van der Waals surface area contributed by atoms with Gasteiger partial charge in [-0.3, -0.25) is 0 Å². The lowest BCUT2D eigenvalue weighted by Gasteiger charge is -2.24. The molecule has 0 saturated heterocycles. The molecular formula is C15H23N3. The average molecular weight is 245 g/mol. The predicted molar refractivity (Wildman–Crippen MR) is 77.8 cm³/mol. The van der Waals surface area contributed by atoms with Crippen molar-refractivity contribution in [1.82, 2.24) is 9.88 Å². The first-order valence-electron chi connectivity index (χ1n) is 6.67. The molecule has 1 aromatic carbocycles. The van der Waals surface area contributed by atoms with Crippen molar-refractivity contribution in [3.8, 4) is 0 Å². The number of nitrogens with two attached hydrogens (primary N) is 1.